The van der Waals surface area contributed by atoms with Crippen molar-refractivity contribution >= 4 is 29.3 Å². The van der Waals surface area contributed by atoms with Gasteiger partial charge >= 0.3 is 6.09 Å². The zero-order chi connectivity index (χ0) is 14.4. The number of carbonyl (C=O) groups is 2. The number of anilines is 1. The number of nitrogens with one attached hydrogen (secondary N) is 1. The lowest BCUT2D eigenvalue weighted by molar-refractivity contribution is -0.116. The summed E-state index contributed by atoms with van der Waals surface area (Å²) >= 11 is 5.94. The summed E-state index contributed by atoms with van der Waals surface area (Å²) in [5.41, 5.74) is 1.68. The third-order valence-electron chi connectivity index (χ3n) is 2.63. The molecule has 0 bridgehead atoms. The van der Waals surface area contributed by atoms with Crippen LogP contribution in [0.2, 0.25) is 5.02 Å². The minimum absolute atomic E-state index is 0.114. The van der Waals surface area contributed by atoms with Gasteiger partial charge in [-0.15, -0.1) is 0 Å². The third kappa shape index (κ3) is 4.44. The van der Waals surface area contributed by atoms with E-state index in [2.05, 4.69) is 10.1 Å². The number of methoxy groups -OCH3 is 1. The molecule has 0 atom stereocenters. The number of nitrogens with zero attached hydrogens (tertiary/aromatic N) is 1. The molecule has 0 unspecified atom stereocenters. The number of rotatable bonds is 4. The highest BCUT2D eigenvalue weighted by Gasteiger charge is 2.14. The molecular weight excluding hydrogens is 268 g/mol. The molecule has 104 valence electrons. The first-order chi connectivity index (χ1) is 8.95. The Morgan fingerprint density at radius 2 is 2.11 bits per heavy atom. The molecule has 0 saturated heterocycles. The van der Waals surface area contributed by atoms with Gasteiger partial charge in [0.2, 0.25) is 5.91 Å². The van der Waals surface area contributed by atoms with Crippen LogP contribution in [0.25, 0.3) is 0 Å². The molecule has 0 aliphatic rings. The molecule has 0 heterocycles. The van der Waals surface area contributed by atoms with Gasteiger partial charge < -0.3 is 15.0 Å². The number of benzene rings is 1. The molecule has 0 radical (unpaired) electrons. The third-order valence-corrected chi connectivity index (χ3v) is 2.87. The van der Waals surface area contributed by atoms with Crippen LogP contribution in [0.4, 0.5) is 10.5 Å². The highest BCUT2D eigenvalue weighted by Crippen LogP contribution is 2.24. The summed E-state index contributed by atoms with van der Waals surface area (Å²) in [6.45, 7) is 4.03. The van der Waals surface area contributed by atoms with Crippen molar-refractivity contribution in [3.63, 3.8) is 0 Å². The molecule has 19 heavy (non-hydrogen) atoms. The summed E-state index contributed by atoms with van der Waals surface area (Å²) in [6, 6.07) is 5.35. The fourth-order valence-electron chi connectivity index (χ4n) is 1.66. The number of ether oxygens (including phenoxy) is 1. The molecule has 1 rings (SSSR count). The Hall–Kier alpha value is -1.75. The molecular formula is C13H17ClN2O3. The number of hydrogen-bond donors (Lipinski definition) is 1. The number of aryl methyl sites for hydroxylation is 1. The monoisotopic (exact) mass is 284 g/mol. The second-order valence-corrected chi connectivity index (χ2v) is 4.46. The predicted octanol–water partition coefficient (Wildman–Crippen LogP) is 2.36. The average molecular weight is 285 g/mol. The number of halogens is 1. The molecule has 0 spiro atoms. The average Bonchev–Trinajstić information content (AvgIpc) is 2.37. The van der Waals surface area contributed by atoms with Gasteiger partial charge in [-0.05, 0) is 24.6 Å². The van der Waals surface area contributed by atoms with Gasteiger partial charge in [-0.2, -0.15) is 0 Å². The SMILES string of the molecule is COC(=O)NCCN(C(C)=O)c1cc(Cl)ccc1C. The van der Waals surface area contributed by atoms with Crippen molar-refractivity contribution in [1.82, 2.24) is 5.32 Å². The predicted molar refractivity (Wildman–Crippen MR) is 74.6 cm³/mol. The molecule has 1 N–H and O–H groups in total. The van der Waals surface area contributed by atoms with Gasteiger partial charge in [-0.1, -0.05) is 17.7 Å². The Morgan fingerprint density at radius 3 is 2.68 bits per heavy atom. The van der Waals surface area contributed by atoms with E-state index < -0.39 is 6.09 Å². The summed E-state index contributed by atoms with van der Waals surface area (Å²) in [6.07, 6.45) is -0.522. The van der Waals surface area contributed by atoms with Crippen molar-refractivity contribution in [1.29, 1.82) is 0 Å². The quantitative estimate of drug-likeness (QED) is 0.923. The molecule has 6 heteroatoms. The van der Waals surface area contributed by atoms with Crippen LogP contribution in [0.5, 0.6) is 0 Å². The highest BCUT2D eigenvalue weighted by atomic mass is 35.5. The molecule has 2 amide bonds. The zero-order valence-electron chi connectivity index (χ0n) is 11.2. The van der Waals surface area contributed by atoms with Crippen LogP contribution >= 0.6 is 11.6 Å². The number of carbonyl (C=O) groups excluding carboxylic acids is 2. The summed E-state index contributed by atoms with van der Waals surface area (Å²) in [4.78, 5) is 24.2. The van der Waals surface area contributed by atoms with E-state index in [1.54, 1.807) is 17.0 Å². The fraction of sp³-hybridized carbons (Fsp3) is 0.385. The lowest BCUT2D eigenvalue weighted by Crippen LogP contribution is -2.37. The Bertz CT molecular complexity index is 477. The van der Waals surface area contributed by atoms with Crippen LogP contribution in [0.1, 0.15) is 12.5 Å². The van der Waals surface area contributed by atoms with E-state index in [0.29, 0.717) is 18.1 Å². The van der Waals surface area contributed by atoms with Crippen LogP contribution in [-0.2, 0) is 9.53 Å². The summed E-state index contributed by atoms with van der Waals surface area (Å²) < 4.78 is 4.47. The van der Waals surface area contributed by atoms with E-state index in [4.69, 9.17) is 11.6 Å². The van der Waals surface area contributed by atoms with Gasteiger partial charge in [0.15, 0.2) is 0 Å². The lowest BCUT2D eigenvalue weighted by Gasteiger charge is -2.23. The van der Waals surface area contributed by atoms with E-state index in [9.17, 15) is 9.59 Å². The minimum Gasteiger partial charge on any atom is -0.453 e. The van der Waals surface area contributed by atoms with E-state index in [-0.39, 0.29) is 5.91 Å². The topological polar surface area (TPSA) is 58.6 Å². The van der Waals surface area contributed by atoms with Crippen molar-refractivity contribution in [3.05, 3.63) is 28.8 Å². The van der Waals surface area contributed by atoms with E-state index in [1.165, 1.54) is 14.0 Å². The Morgan fingerprint density at radius 1 is 1.42 bits per heavy atom. The van der Waals surface area contributed by atoms with Crippen LogP contribution in [0.3, 0.4) is 0 Å². The van der Waals surface area contributed by atoms with E-state index in [0.717, 1.165) is 11.3 Å². The van der Waals surface area contributed by atoms with Crippen molar-refractivity contribution in [3.8, 4) is 0 Å². The van der Waals surface area contributed by atoms with Crippen molar-refractivity contribution < 1.29 is 14.3 Å². The van der Waals surface area contributed by atoms with Gasteiger partial charge in [0.05, 0.1) is 7.11 Å². The maximum atomic E-state index is 11.7. The molecule has 5 nitrogen and oxygen atoms in total. The summed E-state index contributed by atoms with van der Waals surface area (Å²) in [5.74, 6) is -0.114. The first-order valence-electron chi connectivity index (χ1n) is 5.81. The van der Waals surface area contributed by atoms with Crippen LogP contribution in [-0.4, -0.2) is 32.2 Å². The zero-order valence-corrected chi connectivity index (χ0v) is 12.0. The Balaban J connectivity index is 2.80. The maximum absolute atomic E-state index is 11.7. The Labute approximate surface area is 117 Å². The summed E-state index contributed by atoms with van der Waals surface area (Å²) in [7, 11) is 1.29. The van der Waals surface area contributed by atoms with Gasteiger partial charge in [0.1, 0.15) is 0 Å². The molecule has 0 aromatic heterocycles. The lowest BCUT2D eigenvalue weighted by atomic mass is 10.2. The van der Waals surface area contributed by atoms with Crippen molar-refractivity contribution in [2.45, 2.75) is 13.8 Å². The Kier molecular flexibility index (Phi) is 5.63. The van der Waals surface area contributed by atoms with Crippen molar-refractivity contribution in [2.75, 3.05) is 25.1 Å². The second-order valence-electron chi connectivity index (χ2n) is 4.02. The summed E-state index contributed by atoms with van der Waals surface area (Å²) in [5, 5.41) is 3.10. The van der Waals surface area contributed by atoms with Gasteiger partial charge in [-0.3, -0.25) is 4.79 Å². The van der Waals surface area contributed by atoms with Crippen LogP contribution in [0, 0.1) is 6.92 Å². The number of alkyl carbamates (subject to hydrolysis) is 1. The number of amides is 2. The van der Waals surface area contributed by atoms with E-state index in [1.807, 2.05) is 13.0 Å². The largest absolute Gasteiger partial charge is 0.453 e. The van der Waals surface area contributed by atoms with Crippen molar-refractivity contribution in [2.24, 2.45) is 0 Å². The maximum Gasteiger partial charge on any atom is 0.406 e. The van der Waals surface area contributed by atoms with E-state index >= 15 is 0 Å². The fourth-order valence-corrected chi connectivity index (χ4v) is 1.83. The number of hydrogen-bond acceptors (Lipinski definition) is 3. The van der Waals surface area contributed by atoms with Crippen LogP contribution in [0.15, 0.2) is 18.2 Å². The van der Waals surface area contributed by atoms with Gasteiger partial charge in [0.25, 0.3) is 0 Å². The smallest absolute Gasteiger partial charge is 0.406 e. The molecule has 0 saturated carbocycles. The second kappa shape index (κ2) is 6.99. The van der Waals surface area contributed by atoms with Crippen LogP contribution < -0.4 is 10.2 Å². The van der Waals surface area contributed by atoms with Gasteiger partial charge in [-0.25, -0.2) is 4.79 Å². The minimum atomic E-state index is -0.522. The molecule has 1 aromatic carbocycles. The van der Waals surface area contributed by atoms with Gasteiger partial charge in [0, 0.05) is 30.7 Å². The molecule has 0 aliphatic carbocycles. The normalized spacial score (nSPS) is 9.89. The first-order valence-corrected chi connectivity index (χ1v) is 6.19. The highest BCUT2D eigenvalue weighted by molar-refractivity contribution is 6.31. The molecule has 0 fully saturated rings. The molecule has 1 aromatic rings. The first kappa shape index (κ1) is 15.3. The molecule has 0 aliphatic heterocycles. The standard InChI is InChI=1S/C13H17ClN2O3/c1-9-4-5-11(14)8-12(9)16(10(2)17)7-6-15-13(18)19-3/h4-5,8H,6-7H2,1-3H3,(H,15,18).